The van der Waals surface area contributed by atoms with Gasteiger partial charge >= 0.3 is 5.97 Å². The minimum Gasteiger partial charge on any atom is -0.480 e. The highest BCUT2D eigenvalue weighted by molar-refractivity contribution is 5.75. The van der Waals surface area contributed by atoms with E-state index in [-0.39, 0.29) is 12.5 Å². The minimum absolute atomic E-state index is 0.211. The summed E-state index contributed by atoms with van der Waals surface area (Å²) in [5.74, 6) is -1.22. The number of rotatable bonds is 5. The Kier molecular flexibility index (Phi) is 4.47. The van der Waals surface area contributed by atoms with Crippen molar-refractivity contribution in [3.8, 4) is 0 Å². The summed E-state index contributed by atoms with van der Waals surface area (Å²) in [5.41, 5.74) is 5.01. The third-order valence-electron chi connectivity index (χ3n) is 1.02. The molecule has 12 heavy (non-hydrogen) atoms. The van der Waals surface area contributed by atoms with E-state index >= 15 is 0 Å². The zero-order chi connectivity index (χ0) is 9.56. The van der Waals surface area contributed by atoms with Crippen LogP contribution in [0.3, 0.4) is 0 Å². The second-order valence-corrected chi connectivity index (χ2v) is 2.05. The van der Waals surface area contributed by atoms with Crippen LogP contribution >= 0.6 is 0 Å². The highest BCUT2D eigenvalue weighted by atomic mass is 16.4. The zero-order valence-electron chi connectivity index (χ0n) is 6.50. The van der Waals surface area contributed by atoms with Crippen molar-refractivity contribution in [3.63, 3.8) is 0 Å². The molecule has 0 saturated heterocycles. The molecule has 0 spiro atoms. The SMILES string of the molecule is C=CC(NCC(=O)O)NC(=N)N. The first-order valence-electron chi connectivity index (χ1n) is 3.24. The highest BCUT2D eigenvalue weighted by Crippen LogP contribution is 1.76. The molecule has 0 heterocycles. The first kappa shape index (κ1) is 10.4. The average molecular weight is 172 g/mol. The van der Waals surface area contributed by atoms with Gasteiger partial charge in [-0.2, -0.15) is 0 Å². The number of hydrogen-bond donors (Lipinski definition) is 5. The molecule has 0 aliphatic rings. The Hall–Kier alpha value is -1.56. The molecule has 0 rings (SSSR count). The summed E-state index contributed by atoms with van der Waals surface area (Å²) < 4.78 is 0. The third-order valence-corrected chi connectivity index (χ3v) is 1.02. The summed E-state index contributed by atoms with van der Waals surface area (Å²) >= 11 is 0. The molecule has 6 heteroatoms. The van der Waals surface area contributed by atoms with E-state index < -0.39 is 12.1 Å². The van der Waals surface area contributed by atoms with E-state index in [9.17, 15) is 4.79 Å². The van der Waals surface area contributed by atoms with Crippen LogP contribution in [0, 0.1) is 5.41 Å². The van der Waals surface area contributed by atoms with Crippen LogP contribution in [0.5, 0.6) is 0 Å². The fraction of sp³-hybridized carbons (Fsp3) is 0.333. The van der Waals surface area contributed by atoms with Crippen molar-refractivity contribution in [3.05, 3.63) is 12.7 Å². The molecular weight excluding hydrogens is 160 g/mol. The fourth-order valence-corrected chi connectivity index (χ4v) is 0.558. The van der Waals surface area contributed by atoms with Gasteiger partial charge in [0.1, 0.15) is 0 Å². The Balaban J connectivity index is 3.75. The summed E-state index contributed by atoms with van der Waals surface area (Å²) in [6, 6.07) is 0. The van der Waals surface area contributed by atoms with Gasteiger partial charge in [0, 0.05) is 0 Å². The lowest BCUT2D eigenvalue weighted by Gasteiger charge is -2.14. The van der Waals surface area contributed by atoms with Gasteiger partial charge in [-0.05, 0) is 0 Å². The summed E-state index contributed by atoms with van der Waals surface area (Å²) in [6.07, 6.45) is 0.934. The van der Waals surface area contributed by atoms with Gasteiger partial charge in [-0.1, -0.05) is 12.7 Å². The number of carbonyl (C=O) groups is 1. The van der Waals surface area contributed by atoms with Gasteiger partial charge in [0.2, 0.25) is 0 Å². The van der Waals surface area contributed by atoms with Crippen LogP contribution < -0.4 is 16.4 Å². The maximum atomic E-state index is 10.1. The van der Waals surface area contributed by atoms with Crippen molar-refractivity contribution in [1.29, 1.82) is 5.41 Å². The summed E-state index contributed by atoms with van der Waals surface area (Å²) in [4.78, 5) is 10.1. The predicted octanol–water partition coefficient (Wildman–Crippen LogP) is -1.34. The smallest absolute Gasteiger partial charge is 0.317 e. The molecule has 1 unspecified atom stereocenters. The molecule has 0 amide bonds. The Labute approximate surface area is 70.0 Å². The zero-order valence-corrected chi connectivity index (χ0v) is 6.50. The van der Waals surface area contributed by atoms with E-state index in [0.29, 0.717) is 0 Å². The van der Waals surface area contributed by atoms with Crippen LogP contribution in [-0.4, -0.2) is 29.7 Å². The van der Waals surface area contributed by atoms with E-state index in [4.69, 9.17) is 16.2 Å². The molecule has 0 aromatic rings. The Bertz CT molecular complexity index is 192. The second kappa shape index (κ2) is 5.14. The number of nitrogens with two attached hydrogens (primary N) is 1. The van der Waals surface area contributed by atoms with Crippen molar-refractivity contribution >= 4 is 11.9 Å². The van der Waals surface area contributed by atoms with E-state index in [1.54, 1.807) is 0 Å². The van der Waals surface area contributed by atoms with Crippen molar-refractivity contribution in [1.82, 2.24) is 10.6 Å². The summed E-state index contributed by atoms with van der Waals surface area (Å²) in [5, 5.41) is 20.1. The number of guanidine groups is 1. The lowest BCUT2D eigenvalue weighted by molar-refractivity contribution is -0.136. The van der Waals surface area contributed by atoms with E-state index in [2.05, 4.69) is 17.2 Å². The van der Waals surface area contributed by atoms with Gasteiger partial charge in [-0.3, -0.25) is 15.5 Å². The predicted molar refractivity (Wildman–Crippen MR) is 44.7 cm³/mol. The maximum Gasteiger partial charge on any atom is 0.317 e. The highest BCUT2D eigenvalue weighted by Gasteiger charge is 2.04. The molecule has 0 aromatic carbocycles. The Morgan fingerprint density at radius 3 is 2.75 bits per heavy atom. The van der Waals surface area contributed by atoms with Gasteiger partial charge in [0.25, 0.3) is 0 Å². The molecule has 0 bridgehead atoms. The van der Waals surface area contributed by atoms with Gasteiger partial charge < -0.3 is 16.2 Å². The monoisotopic (exact) mass is 172 g/mol. The topological polar surface area (TPSA) is 111 Å². The lowest BCUT2D eigenvalue weighted by Crippen LogP contribution is -2.48. The normalized spacial score (nSPS) is 11.7. The largest absolute Gasteiger partial charge is 0.480 e. The quantitative estimate of drug-likeness (QED) is 0.152. The number of carboxylic acids is 1. The summed E-state index contributed by atoms with van der Waals surface area (Å²) in [7, 11) is 0. The first-order chi connectivity index (χ1) is 5.56. The van der Waals surface area contributed by atoms with Crippen molar-refractivity contribution < 1.29 is 9.90 Å². The molecule has 1 atom stereocenters. The summed E-state index contributed by atoms with van der Waals surface area (Å²) in [6.45, 7) is 3.21. The van der Waals surface area contributed by atoms with Gasteiger partial charge in [-0.25, -0.2) is 0 Å². The maximum absolute atomic E-state index is 10.1. The first-order valence-corrected chi connectivity index (χ1v) is 3.24. The second-order valence-electron chi connectivity index (χ2n) is 2.05. The fourth-order valence-electron chi connectivity index (χ4n) is 0.558. The van der Waals surface area contributed by atoms with Crippen LogP contribution in [0.4, 0.5) is 0 Å². The Morgan fingerprint density at radius 1 is 1.83 bits per heavy atom. The number of carboxylic acid groups (broad SMARTS) is 1. The van der Waals surface area contributed by atoms with Crippen LogP contribution in [0.1, 0.15) is 0 Å². The standard InChI is InChI=1S/C6H12N4O2/c1-2-4(10-6(7)8)9-3-5(11)12/h2,4,9H,1,3H2,(H,11,12)(H4,7,8,10). The van der Waals surface area contributed by atoms with E-state index in [1.807, 2.05) is 0 Å². The number of nitrogens with one attached hydrogen (secondary N) is 3. The molecular formula is C6H12N4O2. The van der Waals surface area contributed by atoms with Gasteiger partial charge in [-0.15, -0.1) is 0 Å². The van der Waals surface area contributed by atoms with Crippen molar-refractivity contribution in [2.75, 3.05) is 6.54 Å². The van der Waals surface area contributed by atoms with Crippen molar-refractivity contribution in [2.24, 2.45) is 5.73 Å². The van der Waals surface area contributed by atoms with Crippen molar-refractivity contribution in [2.45, 2.75) is 6.17 Å². The number of aliphatic carboxylic acids is 1. The molecule has 6 nitrogen and oxygen atoms in total. The average Bonchev–Trinajstić information content (AvgIpc) is 1.97. The van der Waals surface area contributed by atoms with Crippen LogP contribution in [0.2, 0.25) is 0 Å². The molecule has 0 radical (unpaired) electrons. The van der Waals surface area contributed by atoms with E-state index in [0.717, 1.165) is 0 Å². The van der Waals surface area contributed by atoms with Crippen LogP contribution in [0.15, 0.2) is 12.7 Å². The third kappa shape index (κ3) is 5.24. The molecule has 0 fully saturated rings. The van der Waals surface area contributed by atoms with E-state index in [1.165, 1.54) is 6.08 Å². The molecule has 6 N–H and O–H groups in total. The molecule has 0 saturated carbocycles. The Morgan fingerprint density at radius 2 is 2.42 bits per heavy atom. The molecule has 0 aromatic heterocycles. The van der Waals surface area contributed by atoms with Crippen LogP contribution in [-0.2, 0) is 4.79 Å². The van der Waals surface area contributed by atoms with Crippen LogP contribution in [0.25, 0.3) is 0 Å². The lowest BCUT2D eigenvalue weighted by atomic mass is 10.4. The molecule has 0 aliphatic heterocycles. The van der Waals surface area contributed by atoms with Gasteiger partial charge in [0.15, 0.2) is 5.96 Å². The molecule has 68 valence electrons. The minimum atomic E-state index is -0.979. The number of hydrogen-bond acceptors (Lipinski definition) is 3. The molecule has 0 aliphatic carbocycles. The van der Waals surface area contributed by atoms with Gasteiger partial charge in [0.05, 0.1) is 12.7 Å².